The summed E-state index contributed by atoms with van der Waals surface area (Å²) in [6.45, 7) is 6.32. The van der Waals surface area contributed by atoms with E-state index >= 15 is 0 Å². The molecule has 0 amide bonds. The molecule has 0 bridgehead atoms. The first-order valence-corrected chi connectivity index (χ1v) is 5.66. The van der Waals surface area contributed by atoms with Gasteiger partial charge in [-0.1, -0.05) is 6.92 Å². The van der Waals surface area contributed by atoms with Crippen molar-refractivity contribution in [2.75, 3.05) is 27.2 Å². The second-order valence-corrected chi connectivity index (χ2v) is 4.27. The lowest BCUT2D eigenvalue weighted by molar-refractivity contribution is 0.399. The molecule has 0 spiro atoms. The zero-order valence-electron chi connectivity index (χ0n) is 9.76. The molecule has 1 unspecified atom stereocenters. The summed E-state index contributed by atoms with van der Waals surface area (Å²) >= 11 is 5.14. The molecule has 0 aliphatic carbocycles. The molecule has 14 heavy (non-hydrogen) atoms. The summed E-state index contributed by atoms with van der Waals surface area (Å²) in [5, 5.41) is 7.20. The Morgan fingerprint density at radius 2 is 2.07 bits per heavy atom. The van der Waals surface area contributed by atoms with Crippen LogP contribution in [0.1, 0.15) is 26.7 Å². The molecule has 84 valence electrons. The summed E-state index contributed by atoms with van der Waals surface area (Å²) in [5.74, 6) is 0. The van der Waals surface area contributed by atoms with Gasteiger partial charge in [0.05, 0.1) is 0 Å². The lowest BCUT2D eigenvalue weighted by Gasteiger charge is -2.16. The maximum Gasteiger partial charge on any atom is 0.166 e. The van der Waals surface area contributed by atoms with Crippen LogP contribution in [0.4, 0.5) is 0 Å². The molecule has 0 fully saturated rings. The van der Waals surface area contributed by atoms with Crippen molar-refractivity contribution in [3.8, 4) is 0 Å². The summed E-state index contributed by atoms with van der Waals surface area (Å²) in [5.41, 5.74) is 0. The molecule has 0 aromatic heterocycles. The first kappa shape index (κ1) is 13.7. The van der Waals surface area contributed by atoms with E-state index in [4.69, 9.17) is 12.2 Å². The van der Waals surface area contributed by atoms with Crippen LogP contribution in [-0.2, 0) is 0 Å². The third-order valence-corrected chi connectivity index (χ3v) is 2.32. The Balaban J connectivity index is 3.36. The standard InChI is InChI=1S/C10H23N3S/c1-5-9(2)12-10(14)11-7-6-8-13(3)4/h9H,5-8H2,1-4H3,(H2,11,12,14). The summed E-state index contributed by atoms with van der Waals surface area (Å²) in [7, 11) is 4.16. The van der Waals surface area contributed by atoms with Gasteiger partial charge < -0.3 is 15.5 Å². The van der Waals surface area contributed by atoms with E-state index in [1.165, 1.54) is 0 Å². The van der Waals surface area contributed by atoms with Gasteiger partial charge in [0.25, 0.3) is 0 Å². The fourth-order valence-electron chi connectivity index (χ4n) is 0.974. The van der Waals surface area contributed by atoms with Crippen LogP contribution in [0, 0.1) is 0 Å². The average molecular weight is 217 g/mol. The molecule has 4 heteroatoms. The van der Waals surface area contributed by atoms with Crippen LogP contribution in [0.15, 0.2) is 0 Å². The maximum absolute atomic E-state index is 5.14. The molecule has 2 N–H and O–H groups in total. The molecular weight excluding hydrogens is 194 g/mol. The summed E-state index contributed by atoms with van der Waals surface area (Å²) in [6, 6.07) is 0.462. The van der Waals surface area contributed by atoms with E-state index in [1.54, 1.807) is 0 Å². The predicted octanol–water partition coefficient (Wildman–Crippen LogP) is 1.20. The van der Waals surface area contributed by atoms with Crippen LogP contribution in [0.25, 0.3) is 0 Å². The Hall–Kier alpha value is -0.350. The number of nitrogens with one attached hydrogen (secondary N) is 2. The number of nitrogens with zero attached hydrogens (tertiary/aromatic N) is 1. The van der Waals surface area contributed by atoms with Crippen molar-refractivity contribution in [2.45, 2.75) is 32.7 Å². The van der Waals surface area contributed by atoms with Gasteiger partial charge in [-0.05, 0) is 52.6 Å². The van der Waals surface area contributed by atoms with Crippen molar-refractivity contribution in [3.63, 3.8) is 0 Å². The maximum atomic E-state index is 5.14. The highest BCUT2D eigenvalue weighted by molar-refractivity contribution is 7.80. The zero-order chi connectivity index (χ0) is 11.0. The minimum absolute atomic E-state index is 0.462. The van der Waals surface area contributed by atoms with Gasteiger partial charge in [0, 0.05) is 12.6 Å². The summed E-state index contributed by atoms with van der Waals surface area (Å²) in [4.78, 5) is 2.17. The van der Waals surface area contributed by atoms with Crippen LogP contribution >= 0.6 is 12.2 Å². The SMILES string of the molecule is CCC(C)NC(=S)NCCCN(C)C. The molecule has 0 aromatic rings. The van der Waals surface area contributed by atoms with Crippen molar-refractivity contribution in [2.24, 2.45) is 0 Å². The highest BCUT2D eigenvalue weighted by Gasteiger charge is 1.99. The second kappa shape index (κ2) is 8.00. The molecule has 0 aliphatic heterocycles. The Bertz CT molecular complexity index is 159. The van der Waals surface area contributed by atoms with Gasteiger partial charge in [0.1, 0.15) is 0 Å². The fourth-order valence-corrected chi connectivity index (χ4v) is 1.28. The molecule has 0 radical (unpaired) electrons. The van der Waals surface area contributed by atoms with Crippen LogP contribution in [0.2, 0.25) is 0 Å². The van der Waals surface area contributed by atoms with Crippen LogP contribution in [0.3, 0.4) is 0 Å². The minimum Gasteiger partial charge on any atom is -0.363 e. The molecule has 0 saturated heterocycles. The lowest BCUT2D eigenvalue weighted by atomic mass is 10.3. The molecule has 3 nitrogen and oxygen atoms in total. The van der Waals surface area contributed by atoms with E-state index in [-0.39, 0.29) is 0 Å². The van der Waals surface area contributed by atoms with Gasteiger partial charge in [0.15, 0.2) is 5.11 Å². The van der Waals surface area contributed by atoms with Gasteiger partial charge in [-0.15, -0.1) is 0 Å². The zero-order valence-corrected chi connectivity index (χ0v) is 10.6. The second-order valence-electron chi connectivity index (χ2n) is 3.87. The smallest absolute Gasteiger partial charge is 0.166 e. The van der Waals surface area contributed by atoms with Crippen molar-refractivity contribution in [1.82, 2.24) is 15.5 Å². The van der Waals surface area contributed by atoms with Crippen LogP contribution in [0.5, 0.6) is 0 Å². The monoisotopic (exact) mass is 217 g/mol. The van der Waals surface area contributed by atoms with Crippen molar-refractivity contribution < 1.29 is 0 Å². The summed E-state index contributed by atoms with van der Waals surface area (Å²) in [6.07, 6.45) is 2.22. The van der Waals surface area contributed by atoms with E-state index in [9.17, 15) is 0 Å². The Morgan fingerprint density at radius 1 is 1.43 bits per heavy atom. The largest absolute Gasteiger partial charge is 0.363 e. The number of thiocarbonyl (C=S) groups is 1. The van der Waals surface area contributed by atoms with Gasteiger partial charge in [-0.2, -0.15) is 0 Å². The van der Waals surface area contributed by atoms with E-state index in [0.717, 1.165) is 31.0 Å². The summed E-state index contributed by atoms with van der Waals surface area (Å²) < 4.78 is 0. The van der Waals surface area contributed by atoms with Crippen molar-refractivity contribution >= 4 is 17.3 Å². The normalized spacial score (nSPS) is 12.6. The van der Waals surface area contributed by atoms with Crippen molar-refractivity contribution in [3.05, 3.63) is 0 Å². The molecule has 0 aliphatic rings. The quantitative estimate of drug-likeness (QED) is 0.516. The molecular formula is C10H23N3S. The Kier molecular flexibility index (Phi) is 7.80. The van der Waals surface area contributed by atoms with E-state index in [2.05, 4.69) is 43.5 Å². The highest BCUT2D eigenvalue weighted by Crippen LogP contribution is 1.87. The van der Waals surface area contributed by atoms with Crippen molar-refractivity contribution in [1.29, 1.82) is 0 Å². The highest BCUT2D eigenvalue weighted by atomic mass is 32.1. The van der Waals surface area contributed by atoms with Gasteiger partial charge >= 0.3 is 0 Å². The van der Waals surface area contributed by atoms with E-state index < -0.39 is 0 Å². The van der Waals surface area contributed by atoms with Crippen LogP contribution < -0.4 is 10.6 Å². The third kappa shape index (κ3) is 8.26. The molecule has 0 heterocycles. The Labute approximate surface area is 93.2 Å². The predicted molar refractivity (Wildman–Crippen MR) is 66.7 cm³/mol. The van der Waals surface area contributed by atoms with E-state index in [1.807, 2.05) is 0 Å². The third-order valence-electron chi connectivity index (χ3n) is 2.06. The number of rotatable bonds is 6. The fraction of sp³-hybridized carbons (Fsp3) is 0.900. The molecule has 0 saturated carbocycles. The number of hydrogen-bond donors (Lipinski definition) is 2. The minimum atomic E-state index is 0.462. The average Bonchev–Trinajstić information content (AvgIpc) is 2.12. The molecule has 1 atom stereocenters. The van der Waals surface area contributed by atoms with Gasteiger partial charge in [-0.3, -0.25) is 0 Å². The van der Waals surface area contributed by atoms with Gasteiger partial charge in [0.2, 0.25) is 0 Å². The number of hydrogen-bond acceptors (Lipinski definition) is 2. The first-order valence-electron chi connectivity index (χ1n) is 5.25. The van der Waals surface area contributed by atoms with Gasteiger partial charge in [-0.25, -0.2) is 0 Å². The molecule has 0 aromatic carbocycles. The first-order chi connectivity index (χ1) is 6.56. The molecule has 0 rings (SSSR count). The van der Waals surface area contributed by atoms with Crippen LogP contribution in [-0.4, -0.2) is 43.2 Å². The Morgan fingerprint density at radius 3 is 2.57 bits per heavy atom. The lowest BCUT2D eigenvalue weighted by Crippen LogP contribution is -2.41. The van der Waals surface area contributed by atoms with E-state index in [0.29, 0.717) is 6.04 Å². The topological polar surface area (TPSA) is 27.3 Å².